The molecule has 0 aromatic heterocycles. The highest BCUT2D eigenvalue weighted by Gasteiger charge is 2.39. The van der Waals surface area contributed by atoms with Gasteiger partial charge in [0.1, 0.15) is 24.0 Å². The van der Waals surface area contributed by atoms with Crippen LogP contribution in [-0.4, -0.2) is 52.2 Å². The van der Waals surface area contributed by atoms with Gasteiger partial charge >= 0.3 is 5.97 Å². The molecular formula is C30H39N3O5. The summed E-state index contributed by atoms with van der Waals surface area (Å²) in [6, 6.07) is 10.1. The molecule has 1 unspecified atom stereocenters. The van der Waals surface area contributed by atoms with Crippen molar-refractivity contribution >= 4 is 17.8 Å². The smallest absolute Gasteiger partial charge is 0.329 e. The molecule has 0 radical (unpaired) electrons. The highest BCUT2D eigenvalue weighted by Crippen LogP contribution is 2.34. The first-order valence-electron chi connectivity index (χ1n) is 17.3. The number of piperidine rings is 1. The minimum absolute atomic E-state index is 0.0127. The Labute approximate surface area is 239 Å². The number of ether oxygens (including phenoxy) is 2. The standard InChI is InChI=1S/C30H39N3O5/c1-30(2,3)38-29(36)25(14-15-27(31)34)33-19-24-23(28(33)35)8-7-9-26(24)37-20-22-12-10-21(11-13-22)18-32-16-5-4-6-17-32/h7-13,25H,4-6,14-20H2,1-3H3,(H2,31,34)/i4D2,5D2,6D2,16D2,17D2. The molecule has 2 heterocycles. The fourth-order valence-electron chi connectivity index (χ4n) is 4.18. The van der Waals surface area contributed by atoms with Crippen molar-refractivity contribution in [3.63, 3.8) is 0 Å². The fraction of sp³-hybridized carbons (Fsp3) is 0.500. The second kappa shape index (κ2) is 12.0. The van der Waals surface area contributed by atoms with Crippen molar-refractivity contribution in [1.29, 1.82) is 0 Å². The van der Waals surface area contributed by atoms with Gasteiger partial charge in [-0.05, 0) is 76.2 Å². The van der Waals surface area contributed by atoms with Gasteiger partial charge in [0.15, 0.2) is 0 Å². The van der Waals surface area contributed by atoms with Crippen molar-refractivity contribution in [2.45, 2.75) is 84.1 Å². The molecule has 2 aromatic carbocycles. The lowest BCUT2D eigenvalue weighted by Crippen LogP contribution is -2.45. The monoisotopic (exact) mass is 531 g/mol. The zero-order chi connectivity index (χ0) is 36.3. The van der Waals surface area contributed by atoms with Crippen LogP contribution in [-0.2, 0) is 34.0 Å². The molecular weight excluding hydrogens is 482 g/mol. The van der Waals surface area contributed by atoms with Crippen LogP contribution >= 0.6 is 0 Å². The predicted octanol–water partition coefficient (Wildman–Crippen LogP) is 4.18. The van der Waals surface area contributed by atoms with Crippen molar-refractivity contribution in [2.75, 3.05) is 13.0 Å². The van der Waals surface area contributed by atoms with Crippen LogP contribution in [0.5, 0.6) is 5.75 Å². The Morgan fingerprint density at radius 2 is 1.74 bits per heavy atom. The summed E-state index contributed by atoms with van der Waals surface area (Å²) in [5.74, 6) is -1.34. The largest absolute Gasteiger partial charge is 0.489 e. The number of rotatable bonds is 10. The van der Waals surface area contributed by atoms with Gasteiger partial charge in [0.05, 0.1) is 6.54 Å². The van der Waals surface area contributed by atoms with E-state index in [1.165, 1.54) is 17.0 Å². The highest BCUT2D eigenvalue weighted by molar-refractivity contribution is 6.01. The second-order valence-electron chi connectivity index (χ2n) is 10.1. The molecule has 2 aliphatic rings. The maximum atomic E-state index is 13.4. The van der Waals surface area contributed by atoms with Crippen molar-refractivity contribution in [3.8, 4) is 5.75 Å². The van der Waals surface area contributed by atoms with Gasteiger partial charge in [-0.25, -0.2) is 4.79 Å². The number of primary amides is 1. The molecule has 2 aliphatic heterocycles. The van der Waals surface area contributed by atoms with Crippen molar-refractivity contribution < 1.29 is 37.6 Å². The first-order valence-corrected chi connectivity index (χ1v) is 12.3. The van der Waals surface area contributed by atoms with Gasteiger partial charge in [-0.1, -0.05) is 36.7 Å². The molecule has 1 atom stereocenters. The molecule has 2 amide bonds. The SMILES string of the molecule is [2H]C1([2H])N(Cc2ccc(COc3cccc4c3CN(C(CCC(N)=O)C(=O)OC(C)(C)C)C4=O)cc2)C([2H])([2H])C([2H])([2H])C([2H])([2H])C1([2H])[2H]. The number of hydrogen-bond donors (Lipinski definition) is 1. The Balaban J connectivity index is 1.50. The molecule has 0 bridgehead atoms. The van der Waals surface area contributed by atoms with E-state index in [2.05, 4.69) is 0 Å². The van der Waals surface area contributed by atoms with E-state index in [9.17, 15) is 14.4 Å². The van der Waals surface area contributed by atoms with Crippen molar-refractivity contribution in [2.24, 2.45) is 5.73 Å². The van der Waals surface area contributed by atoms with Crippen LogP contribution in [0, 0.1) is 0 Å². The Kier molecular flexibility index (Phi) is 5.44. The summed E-state index contributed by atoms with van der Waals surface area (Å²) in [5, 5.41) is 0. The Bertz CT molecular complexity index is 1550. The maximum absolute atomic E-state index is 13.4. The summed E-state index contributed by atoms with van der Waals surface area (Å²) in [5.41, 5.74) is 6.28. The molecule has 1 saturated heterocycles. The summed E-state index contributed by atoms with van der Waals surface area (Å²) in [7, 11) is 0. The predicted molar refractivity (Wildman–Crippen MR) is 144 cm³/mol. The lowest BCUT2D eigenvalue weighted by molar-refractivity contribution is -0.160. The minimum atomic E-state index is -3.48. The Morgan fingerprint density at radius 1 is 1.05 bits per heavy atom. The average molecular weight is 532 g/mol. The maximum Gasteiger partial charge on any atom is 0.329 e. The Morgan fingerprint density at radius 3 is 2.39 bits per heavy atom. The third kappa shape index (κ3) is 7.13. The van der Waals surface area contributed by atoms with E-state index in [0.717, 1.165) is 0 Å². The molecule has 0 aliphatic carbocycles. The highest BCUT2D eigenvalue weighted by atomic mass is 16.6. The lowest BCUT2D eigenvalue weighted by atomic mass is 10.1. The van der Waals surface area contributed by atoms with Crippen LogP contribution < -0.4 is 10.5 Å². The second-order valence-corrected chi connectivity index (χ2v) is 10.1. The summed E-state index contributed by atoms with van der Waals surface area (Å²) in [6.07, 6.45) is -10.4. The molecule has 1 fully saturated rings. The third-order valence-corrected chi connectivity index (χ3v) is 5.94. The zero-order valence-electron chi connectivity index (χ0n) is 31.7. The fourth-order valence-corrected chi connectivity index (χ4v) is 4.18. The van der Waals surface area contributed by atoms with E-state index in [1.54, 1.807) is 51.1 Å². The van der Waals surface area contributed by atoms with Crippen LogP contribution in [0.25, 0.3) is 0 Å². The molecule has 4 rings (SSSR count). The number of esters is 1. The van der Waals surface area contributed by atoms with Gasteiger partial charge in [0.25, 0.3) is 5.91 Å². The first kappa shape index (κ1) is 17.2. The summed E-state index contributed by atoms with van der Waals surface area (Å²) >= 11 is 0. The number of nitrogens with zero attached hydrogens (tertiary/aromatic N) is 2. The van der Waals surface area contributed by atoms with Crippen LogP contribution in [0.1, 0.15) is 93.5 Å². The topological polar surface area (TPSA) is 102 Å². The normalized spacial score (nSPS) is 27.2. The van der Waals surface area contributed by atoms with E-state index in [-0.39, 0.29) is 26.0 Å². The van der Waals surface area contributed by atoms with E-state index in [4.69, 9.17) is 28.9 Å². The number of amides is 2. The molecule has 0 saturated carbocycles. The molecule has 38 heavy (non-hydrogen) atoms. The summed E-state index contributed by atoms with van der Waals surface area (Å²) in [4.78, 5) is 39.7. The van der Waals surface area contributed by atoms with Gasteiger partial charge in [-0.15, -0.1) is 0 Å². The van der Waals surface area contributed by atoms with Crippen LogP contribution in [0.2, 0.25) is 0 Å². The number of carbonyl (C=O) groups is 3. The molecule has 2 aromatic rings. The molecule has 8 nitrogen and oxygen atoms in total. The number of hydrogen-bond acceptors (Lipinski definition) is 6. The van der Waals surface area contributed by atoms with Gasteiger partial charge in [-0.3, -0.25) is 14.5 Å². The lowest BCUT2D eigenvalue weighted by Gasteiger charge is -2.29. The van der Waals surface area contributed by atoms with Gasteiger partial charge < -0.3 is 20.1 Å². The number of nitrogens with two attached hydrogens (primary N) is 1. The van der Waals surface area contributed by atoms with Gasteiger partial charge in [0.2, 0.25) is 5.91 Å². The van der Waals surface area contributed by atoms with Crippen molar-refractivity contribution in [3.05, 3.63) is 64.7 Å². The summed E-state index contributed by atoms with van der Waals surface area (Å²) < 4.78 is 93.2. The number of likely N-dealkylation sites (tertiary alicyclic amines) is 1. The van der Waals surface area contributed by atoms with E-state index < -0.39 is 68.1 Å². The zero-order valence-corrected chi connectivity index (χ0v) is 21.7. The van der Waals surface area contributed by atoms with Gasteiger partial charge in [-0.2, -0.15) is 0 Å². The third-order valence-electron chi connectivity index (χ3n) is 5.94. The molecule has 0 spiro atoms. The van der Waals surface area contributed by atoms with Crippen molar-refractivity contribution in [1.82, 2.24) is 9.80 Å². The van der Waals surface area contributed by atoms with E-state index in [1.807, 2.05) is 0 Å². The van der Waals surface area contributed by atoms with Crippen LogP contribution in [0.15, 0.2) is 42.5 Å². The number of fused-ring (bicyclic) bond motifs is 1. The number of carbonyl (C=O) groups excluding carboxylic acids is 3. The van der Waals surface area contributed by atoms with Crippen LogP contribution in [0.3, 0.4) is 0 Å². The summed E-state index contributed by atoms with van der Waals surface area (Å²) in [6.45, 7) is -1.88. The molecule has 8 heteroatoms. The first-order chi connectivity index (χ1) is 21.9. The van der Waals surface area contributed by atoms with E-state index in [0.29, 0.717) is 32.9 Å². The Hall–Kier alpha value is -3.39. The average Bonchev–Trinajstić information content (AvgIpc) is 3.29. The van der Waals surface area contributed by atoms with Crippen LogP contribution in [0.4, 0.5) is 0 Å². The molecule has 2 N–H and O–H groups in total. The van der Waals surface area contributed by atoms with Gasteiger partial charge in [0, 0.05) is 37.8 Å². The minimum Gasteiger partial charge on any atom is -0.489 e. The van der Waals surface area contributed by atoms with E-state index >= 15 is 0 Å². The molecule has 204 valence electrons. The quantitative estimate of drug-likeness (QED) is 0.462. The number of benzene rings is 2.